The molecule has 2 fully saturated rings. The predicted octanol–water partition coefficient (Wildman–Crippen LogP) is 3.15. The molecule has 0 radical (unpaired) electrons. The molecule has 226 valence electrons. The number of nitrogens with two attached hydrogens (primary N) is 1. The van der Waals surface area contributed by atoms with Crippen LogP contribution in [0.4, 0.5) is 11.5 Å². The van der Waals surface area contributed by atoms with Crippen LogP contribution in [0.1, 0.15) is 60.8 Å². The van der Waals surface area contributed by atoms with Gasteiger partial charge in [-0.25, -0.2) is 17.9 Å². The zero-order valence-corrected chi connectivity index (χ0v) is 25.7. The van der Waals surface area contributed by atoms with Crippen molar-refractivity contribution in [1.29, 1.82) is 0 Å². The molecule has 1 aromatic carbocycles. The van der Waals surface area contributed by atoms with Gasteiger partial charge in [0.1, 0.15) is 18.0 Å². The van der Waals surface area contributed by atoms with Gasteiger partial charge in [-0.1, -0.05) is 25.4 Å². The van der Waals surface area contributed by atoms with E-state index in [1.165, 1.54) is 18.2 Å². The second-order valence-corrected chi connectivity index (χ2v) is 13.6. The third kappa shape index (κ3) is 6.32. The average Bonchev–Trinajstić information content (AvgIpc) is 3.32. The lowest BCUT2D eigenvalue weighted by Gasteiger charge is -2.40. The number of anilines is 2. The number of esters is 1. The van der Waals surface area contributed by atoms with Crippen molar-refractivity contribution in [2.75, 3.05) is 35.5 Å². The van der Waals surface area contributed by atoms with E-state index in [1.54, 1.807) is 9.42 Å². The lowest BCUT2D eigenvalue weighted by Crippen LogP contribution is -2.55. The van der Waals surface area contributed by atoms with Crippen molar-refractivity contribution < 1.29 is 22.7 Å². The largest absolute Gasteiger partial charge is 0.457 e. The molecule has 2 unspecified atom stereocenters. The molecule has 14 heteroatoms. The molecule has 1 amide bonds. The summed E-state index contributed by atoms with van der Waals surface area (Å²) in [6.07, 6.45) is 5.13. The fourth-order valence-electron chi connectivity index (χ4n) is 5.32. The summed E-state index contributed by atoms with van der Waals surface area (Å²) in [6, 6.07) is 5.43. The second-order valence-electron chi connectivity index (χ2n) is 11.4. The van der Waals surface area contributed by atoms with Crippen LogP contribution in [0.2, 0.25) is 5.02 Å². The van der Waals surface area contributed by atoms with Crippen molar-refractivity contribution >= 4 is 50.7 Å². The minimum Gasteiger partial charge on any atom is -0.457 e. The Morgan fingerprint density at radius 3 is 2.62 bits per heavy atom. The number of likely N-dealkylation sites (tertiary alicyclic amines) is 1. The molecule has 42 heavy (non-hydrogen) atoms. The van der Waals surface area contributed by atoms with Gasteiger partial charge in [0.25, 0.3) is 5.91 Å². The second kappa shape index (κ2) is 11.7. The van der Waals surface area contributed by atoms with Crippen LogP contribution in [-0.2, 0) is 19.6 Å². The van der Waals surface area contributed by atoms with Gasteiger partial charge in [0.15, 0.2) is 5.65 Å². The third-order valence-corrected chi connectivity index (χ3v) is 8.48. The van der Waals surface area contributed by atoms with Crippen LogP contribution in [0.3, 0.4) is 0 Å². The van der Waals surface area contributed by atoms with Crippen molar-refractivity contribution in [3.63, 3.8) is 0 Å². The number of fused-ring (bicyclic) bond motifs is 1. The van der Waals surface area contributed by atoms with Gasteiger partial charge < -0.3 is 20.3 Å². The van der Waals surface area contributed by atoms with E-state index in [1.807, 2.05) is 37.9 Å². The zero-order chi connectivity index (χ0) is 30.3. The summed E-state index contributed by atoms with van der Waals surface area (Å²) < 4.78 is 33.6. The Morgan fingerprint density at radius 2 is 1.93 bits per heavy atom. The predicted molar refractivity (Wildman–Crippen MR) is 160 cm³/mol. The fraction of sp³-hybridized carbons (Fsp3) is 0.500. The van der Waals surface area contributed by atoms with Gasteiger partial charge in [0.05, 0.1) is 42.3 Å². The molecule has 2 saturated heterocycles. The van der Waals surface area contributed by atoms with Crippen LogP contribution < -0.4 is 15.4 Å². The standard InChI is InChI=1S/C28H36ClN7O5S/c1-16(2)25(30)28(38)41-19-14-34(15-19)26-17(3)13-36-24(31-26)12-22(32-36)23-7-5-6-10-35(23)27(37)20-11-18(29)8-9-21(20)33-42(4,39)40/h8-9,11-13,16,19,23,25,33H,5-7,10,14-15,30H2,1-4H3. The highest BCUT2D eigenvalue weighted by atomic mass is 35.5. The molecule has 2 aromatic heterocycles. The number of sulfonamides is 1. The van der Waals surface area contributed by atoms with E-state index in [0.717, 1.165) is 30.5 Å². The van der Waals surface area contributed by atoms with E-state index in [2.05, 4.69) is 4.72 Å². The first-order chi connectivity index (χ1) is 19.8. The number of ether oxygens (including phenoxy) is 1. The normalized spacial score (nSPS) is 18.7. The zero-order valence-electron chi connectivity index (χ0n) is 24.1. The number of hydrogen-bond donors (Lipinski definition) is 2. The molecule has 5 rings (SSSR count). The highest BCUT2D eigenvalue weighted by Gasteiger charge is 2.35. The smallest absolute Gasteiger partial charge is 0.323 e. The maximum Gasteiger partial charge on any atom is 0.323 e. The molecule has 3 aromatic rings. The molecule has 0 saturated carbocycles. The minimum atomic E-state index is -3.61. The van der Waals surface area contributed by atoms with Crippen LogP contribution in [-0.4, -0.2) is 77.8 Å². The van der Waals surface area contributed by atoms with Crippen LogP contribution >= 0.6 is 11.6 Å². The Hall–Kier alpha value is -3.42. The molecule has 2 atom stereocenters. The molecular weight excluding hydrogens is 582 g/mol. The van der Waals surface area contributed by atoms with Gasteiger partial charge in [-0.2, -0.15) is 5.10 Å². The van der Waals surface area contributed by atoms with Crippen molar-refractivity contribution in [2.24, 2.45) is 11.7 Å². The fourth-order valence-corrected chi connectivity index (χ4v) is 6.07. The first-order valence-corrected chi connectivity index (χ1v) is 16.2. The lowest BCUT2D eigenvalue weighted by atomic mass is 9.98. The van der Waals surface area contributed by atoms with Crippen LogP contribution in [0.25, 0.3) is 5.65 Å². The van der Waals surface area contributed by atoms with E-state index >= 15 is 0 Å². The maximum absolute atomic E-state index is 13.8. The first kappa shape index (κ1) is 30.1. The number of nitrogens with zero attached hydrogens (tertiary/aromatic N) is 5. The van der Waals surface area contributed by atoms with Crippen LogP contribution in [0.5, 0.6) is 0 Å². The van der Waals surface area contributed by atoms with Gasteiger partial charge in [-0.15, -0.1) is 0 Å². The number of amides is 1. The Morgan fingerprint density at radius 1 is 1.19 bits per heavy atom. The molecule has 4 heterocycles. The lowest BCUT2D eigenvalue weighted by molar-refractivity contribution is -0.152. The Bertz CT molecular complexity index is 1620. The van der Waals surface area contributed by atoms with Crippen LogP contribution in [0.15, 0.2) is 30.5 Å². The summed E-state index contributed by atoms with van der Waals surface area (Å²) in [7, 11) is -3.61. The molecule has 12 nitrogen and oxygen atoms in total. The molecule has 0 bridgehead atoms. The number of benzene rings is 1. The summed E-state index contributed by atoms with van der Waals surface area (Å²) >= 11 is 6.20. The Balaban J connectivity index is 1.36. The first-order valence-electron chi connectivity index (χ1n) is 14.0. The number of carbonyl (C=O) groups is 2. The van der Waals surface area contributed by atoms with E-state index in [-0.39, 0.29) is 35.2 Å². The molecule has 3 N–H and O–H groups in total. The average molecular weight is 618 g/mol. The molecule has 0 aliphatic carbocycles. The maximum atomic E-state index is 13.8. The van der Waals surface area contributed by atoms with E-state index < -0.39 is 22.0 Å². The van der Waals surface area contributed by atoms with Gasteiger partial charge >= 0.3 is 5.97 Å². The van der Waals surface area contributed by atoms with Crippen molar-refractivity contribution in [3.8, 4) is 0 Å². The third-order valence-electron chi connectivity index (χ3n) is 7.66. The molecule has 0 spiro atoms. The number of hydrogen-bond acceptors (Lipinski definition) is 9. The number of nitrogens with one attached hydrogen (secondary N) is 1. The summed E-state index contributed by atoms with van der Waals surface area (Å²) in [4.78, 5) is 34.7. The van der Waals surface area contributed by atoms with Crippen molar-refractivity contribution in [3.05, 3.63) is 52.3 Å². The minimum absolute atomic E-state index is 0.00291. The Labute approximate surface area is 250 Å². The van der Waals surface area contributed by atoms with Crippen LogP contribution in [0, 0.1) is 12.8 Å². The summed E-state index contributed by atoms with van der Waals surface area (Å²) in [5.41, 5.74) is 8.52. The molecule has 2 aliphatic rings. The summed E-state index contributed by atoms with van der Waals surface area (Å²) in [6.45, 7) is 7.26. The van der Waals surface area contributed by atoms with Crippen molar-refractivity contribution in [2.45, 2.75) is 58.2 Å². The van der Waals surface area contributed by atoms with Gasteiger partial charge in [-0.3, -0.25) is 14.3 Å². The number of halogens is 1. The SMILES string of the molecule is Cc1cn2nc(C3CCCCN3C(=O)c3cc(Cl)ccc3NS(C)(=O)=O)cc2nc1N1CC(OC(=O)C(N)C(C)C)C1. The topological polar surface area (TPSA) is 152 Å². The van der Waals surface area contributed by atoms with E-state index in [0.29, 0.717) is 42.4 Å². The number of aromatic nitrogens is 3. The number of carbonyl (C=O) groups excluding carboxylic acids is 2. The van der Waals surface area contributed by atoms with Gasteiger partial charge in [0.2, 0.25) is 10.0 Å². The number of aryl methyl sites for hydroxylation is 1. The number of rotatable bonds is 8. The molecule has 2 aliphatic heterocycles. The van der Waals surface area contributed by atoms with E-state index in [9.17, 15) is 18.0 Å². The van der Waals surface area contributed by atoms with Crippen molar-refractivity contribution in [1.82, 2.24) is 19.5 Å². The molecular formula is C28H36ClN7O5S. The monoisotopic (exact) mass is 617 g/mol. The van der Waals surface area contributed by atoms with Gasteiger partial charge in [-0.05, 0) is 50.3 Å². The quantitative estimate of drug-likeness (QED) is 0.363. The van der Waals surface area contributed by atoms with Gasteiger partial charge in [0, 0.05) is 29.4 Å². The highest BCUT2D eigenvalue weighted by Crippen LogP contribution is 2.34. The number of piperidine rings is 1. The summed E-state index contributed by atoms with van der Waals surface area (Å²) in [5, 5.41) is 5.11. The highest BCUT2D eigenvalue weighted by molar-refractivity contribution is 7.92. The summed E-state index contributed by atoms with van der Waals surface area (Å²) in [5.74, 6) is 0.0666. The van der Waals surface area contributed by atoms with E-state index in [4.69, 9.17) is 32.2 Å². The Kier molecular flexibility index (Phi) is 8.37.